The van der Waals surface area contributed by atoms with E-state index in [1.54, 1.807) is 47.4 Å². The number of ether oxygens (including phenoxy) is 1. The van der Waals surface area contributed by atoms with Gasteiger partial charge < -0.3 is 19.8 Å². The van der Waals surface area contributed by atoms with Crippen molar-refractivity contribution in [3.05, 3.63) is 90.5 Å². The molecule has 2 aromatic rings. The van der Waals surface area contributed by atoms with Crippen LogP contribution in [-0.2, 0) is 32.1 Å². The molecule has 3 aliphatic heterocycles. The summed E-state index contributed by atoms with van der Waals surface area (Å²) in [5.41, 5.74) is 0.905. The van der Waals surface area contributed by atoms with E-state index >= 15 is 0 Å². The standard InChI is InChI=1S/C28H28N2O6/c1-2-15-29(17-19-6-4-3-5-7-19)26(33)24-28-14-12-21(36-28)22(27(34)35)23(28)25(32)30(24)20-10-8-18(9-11-20)13-16-31/h2-12,14,21-24,31H,1,13,15-17H2,(H,34,35). The number of amides is 2. The SMILES string of the molecule is C=CCN(Cc1ccccc1)C(=O)C1N(c2ccc(CCO)cc2)C(=O)C2C(C(=O)O)C3C=CC21O3. The molecule has 0 saturated carbocycles. The van der Waals surface area contributed by atoms with Crippen molar-refractivity contribution in [2.24, 2.45) is 11.8 Å². The highest BCUT2D eigenvalue weighted by Crippen LogP contribution is 2.56. The molecular formula is C28H28N2O6. The summed E-state index contributed by atoms with van der Waals surface area (Å²) < 4.78 is 6.19. The number of aliphatic carboxylic acids is 1. The van der Waals surface area contributed by atoms with Crippen LogP contribution < -0.4 is 4.90 Å². The van der Waals surface area contributed by atoms with Crippen LogP contribution in [0.2, 0.25) is 0 Å². The summed E-state index contributed by atoms with van der Waals surface area (Å²) in [7, 11) is 0. The van der Waals surface area contributed by atoms with Gasteiger partial charge in [0.1, 0.15) is 17.6 Å². The molecule has 8 heteroatoms. The van der Waals surface area contributed by atoms with E-state index < -0.39 is 41.5 Å². The number of aliphatic hydroxyl groups excluding tert-OH is 1. The molecular weight excluding hydrogens is 460 g/mol. The third-order valence-corrected chi connectivity index (χ3v) is 7.29. The Morgan fingerprint density at radius 2 is 1.83 bits per heavy atom. The van der Waals surface area contributed by atoms with Crippen LogP contribution in [0.5, 0.6) is 0 Å². The molecule has 2 fully saturated rings. The van der Waals surface area contributed by atoms with E-state index in [9.17, 15) is 24.6 Å². The Morgan fingerprint density at radius 1 is 1.11 bits per heavy atom. The van der Waals surface area contributed by atoms with E-state index in [-0.39, 0.29) is 19.1 Å². The second-order valence-electron chi connectivity index (χ2n) is 9.38. The summed E-state index contributed by atoms with van der Waals surface area (Å²) >= 11 is 0. The van der Waals surface area contributed by atoms with E-state index in [2.05, 4.69) is 6.58 Å². The predicted octanol–water partition coefficient (Wildman–Crippen LogP) is 2.18. The van der Waals surface area contributed by atoms with Gasteiger partial charge in [-0.3, -0.25) is 19.3 Å². The highest BCUT2D eigenvalue weighted by molar-refractivity contribution is 6.10. The molecule has 5 rings (SSSR count). The van der Waals surface area contributed by atoms with E-state index in [4.69, 9.17) is 4.74 Å². The number of carboxylic acid groups (broad SMARTS) is 1. The van der Waals surface area contributed by atoms with Crippen molar-refractivity contribution in [3.8, 4) is 0 Å². The van der Waals surface area contributed by atoms with Gasteiger partial charge in [-0.15, -0.1) is 6.58 Å². The molecule has 2 bridgehead atoms. The summed E-state index contributed by atoms with van der Waals surface area (Å²) in [5.74, 6) is -3.99. The third kappa shape index (κ3) is 3.73. The molecule has 5 atom stereocenters. The number of hydrogen-bond donors (Lipinski definition) is 2. The Kier molecular flexibility index (Phi) is 6.24. The minimum Gasteiger partial charge on any atom is -0.481 e. The van der Waals surface area contributed by atoms with Crippen LogP contribution in [0.15, 0.2) is 79.4 Å². The maximum absolute atomic E-state index is 14.2. The monoisotopic (exact) mass is 488 g/mol. The number of anilines is 1. The van der Waals surface area contributed by atoms with Crippen LogP contribution in [0.3, 0.4) is 0 Å². The highest BCUT2D eigenvalue weighted by atomic mass is 16.5. The smallest absolute Gasteiger partial charge is 0.310 e. The molecule has 0 aliphatic carbocycles. The van der Waals surface area contributed by atoms with Gasteiger partial charge in [0, 0.05) is 25.4 Å². The van der Waals surface area contributed by atoms with Crippen LogP contribution in [0.4, 0.5) is 5.69 Å². The minimum absolute atomic E-state index is 0.00932. The fourth-order valence-corrected chi connectivity index (χ4v) is 5.73. The molecule has 0 aromatic heterocycles. The molecule has 1 spiro atoms. The van der Waals surface area contributed by atoms with Gasteiger partial charge in [-0.25, -0.2) is 0 Å². The fraction of sp³-hybridized carbons (Fsp3) is 0.321. The Morgan fingerprint density at radius 3 is 2.47 bits per heavy atom. The number of fused-ring (bicyclic) bond motifs is 1. The van der Waals surface area contributed by atoms with Crippen molar-refractivity contribution in [3.63, 3.8) is 0 Å². The van der Waals surface area contributed by atoms with Crippen LogP contribution >= 0.6 is 0 Å². The largest absolute Gasteiger partial charge is 0.481 e. The number of nitrogens with zero attached hydrogens (tertiary/aromatic N) is 2. The van der Waals surface area contributed by atoms with Crippen molar-refractivity contribution in [2.45, 2.75) is 30.7 Å². The number of benzene rings is 2. The molecule has 2 N–H and O–H groups in total. The first-order valence-corrected chi connectivity index (χ1v) is 12.0. The lowest BCUT2D eigenvalue weighted by Crippen LogP contribution is -2.55. The first kappa shape index (κ1) is 24.0. The lowest BCUT2D eigenvalue weighted by atomic mass is 9.74. The van der Waals surface area contributed by atoms with Crippen LogP contribution in [0, 0.1) is 11.8 Å². The first-order valence-electron chi connectivity index (χ1n) is 12.0. The molecule has 3 heterocycles. The molecule has 2 saturated heterocycles. The summed E-state index contributed by atoms with van der Waals surface area (Å²) in [6.07, 6.45) is 4.69. The van der Waals surface area contributed by atoms with Gasteiger partial charge in [-0.1, -0.05) is 60.7 Å². The predicted molar refractivity (Wildman–Crippen MR) is 132 cm³/mol. The average molecular weight is 489 g/mol. The van der Waals surface area contributed by atoms with Crippen molar-refractivity contribution in [2.75, 3.05) is 18.1 Å². The second-order valence-corrected chi connectivity index (χ2v) is 9.38. The topological polar surface area (TPSA) is 107 Å². The maximum atomic E-state index is 14.2. The molecule has 5 unspecified atom stereocenters. The number of hydrogen-bond acceptors (Lipinski definition) is 5. The minimum atomic E-state index is -1.37. The van der Waals surface area contributed by atoms with Gasteiger partial charge in [0.25, 0.3) is 0 Å². The molecule has 186 valence electrons. The van der Waals surface area contributed by atoms with Gasteiger partial charge in [0.15, 0.2) is 0 Å². The Labute approximate surface area is 209 Å². The van der Waals surface area contributed by atoms with Crippen molar-refractivity contribution >= 4 is 23.5 Å². The number of carbonyl (C=O) groups is 3. The van der Waals surface area contributed by atoms with E-state index in [1.807, 2.05) is 30.3 Å². The molecule has 36 heavy (non-hydrogen) atoms. The van der Waals surface area contributed by atoms with Gasteiger partial charge in [0.2, 0.25) is 11.8 Å². The molecule has 3 aliphatic rings. The quantitative estimate of drug-likeness (QED) is 0.524. The van der Waals surface area contributed by atoms with Crippen molar-refractivity contribution in [1.29, 1.82) is 0 Å². The summed E-state index contributed by atoms with van der Waals surface area (Å²) in [4.78, 5) is 43.3. The summed E-state index contributed by atoms with van der Waals surface area (Å²) in [5, 5.41) is 19.2. The van der Waals surface area contributed by atoms with E-state index in [1.165, 1.54) is 4.90 Å². The maximum Gasteiger partial charge on any atom is 0.310 e. The van der Waals surface area contributed by atoms with Gasteiger partial charge in [-0.05, 0) is 29.7 Å². The number of carbonyl (C=O) groups excluding carboxylic acids is 2. The zero-order valence-corrected chi connectivity index (χ0v) is 19.7. The highest BCUT2D eigenvalue weighted by Gasteiger charge is 2.73. The lowest BCUT2D eigenvalue weighted by Gasteiger charge is -2.36. The van der Waals surface area contributed by atoms with Crippen molar-refractivity contribution in [1.82, 2.24) is 4.90 Å². The number of carboxylic acids is 1. The Hall–Kier alpha value is -3.75. The molecule has 8 nitrogen and oxygen atoms in total. The summed E-state index contributed by atoms with van der Waals surface area (Å²) in [6, 6.07) is 15.5. The Balaban J connectivity index is 1.58. The van der Waals surface area contributed by atoms with Crippen LogP contribution in [0.25, 0.3) is 0 Å². The van der Waals surface area contributed by atoms with E-state index in [0.717, 1.165) is 11.1 Å². The second kappa shape index (κ2) is 9.37. The van der Waals surface area contributed by atoms with E-state index in [0.29, 0.717) is 18.7 Å². The number of aliphatic hydroxyl groups is 1. The van der Waals surface area contributed by atoms with Crippen molar-refractivity contribution < 1.29 is 29.3 Å². The van der Waals surface area contributed by atoms with Crippen LogP contribution in [0.1, 0.15) is 11.1 Å². The molecule has 2 aromatic carbocycles. The fourth-order valence-electron chi connectivity index (χ4n) is 5.73. The van der Waals surface area contributed by atoms with Gasteiger partial charge in [-0.2, -0.15) is 0 Å². The van der Waals surface area contributed by atoms with Gasteiger partial charge >= 0.3 is 5.97 Å². The zero-order chi connectivity index (χ0) is 25.4. The summed E-state index contributed by atoms with van der Waals surface area (Å²) in [6.45, 7) is 4.34. The molecule has 0 radical (unpaired) electrons. The normalized spacial score (nSPS) is 27.8. The van der Waals surface area contributed by atoms with Crippen LogP contribution in [-0.4, -0.2) is 63.8 Å². The average Bonchev–Trinajstić information content (AvgIpc) is 3.52. The lowest BCUT2D eigenvalue weighted by molar-refractivity contribution is -0.146. The Bertz CT molecular complexity index is 1210. The number of rotatable bonds is 9. The molecule has 2 amide bonds. The van der Waals surface area contributed by atoms with Gasteiger partial charge in [0.05, 0.1) is 12.0 Å². The zero-order valence-electron chi connectivity index (χ0n) is 19.7. The first-order chi connectivity index (χ1) is 17.4. The third-order valence-electron chi connectivity index (χ3n) is 7.29.